The van der Waals surface area contributed by atoms with Crippen molar-refractivity contribution in [2.45, 2.75) is 45.0 Å². The number of hydrogen-bond donors (Lipinski definition) is 1. The van der Waals surface area contributed by atoms with Crippen LogP contribution in [0.15, 0.2) is 67.0 Å². The molecule has 0 saturated carbocycles. The van der Waals surface area contributed by atoms with Crippen molar-refractivity contribution in [2.75, 3.05) is 6.26 Å². The van der Waals surface area contributed by atoms with E-state index >= 15 is 0 Å². The summed E-state index contributed by atoms with van der Waals surface area (Å²) in [6.45, 7) is 8.41. The minimum atomic E-state index is -3.38. The van der Waals surface area contributed by atoms with Crippen molar-refractivity contribution in [3.63, 3.8) is 0 Å². The lowest BCUT2D eigenvalue weighted by molar-refractivity contribution is -0.621. The Hall–Kier alpha value is -3.29. The average molecular weight is 491 g/mol. The third-order valence-electron chi connectivity index (χ3n) is 6.64. The largest absolute Gasteiger partial charge is 0.618 e. The van der Waals surface area contributed by atoms with Crippen molar-refractivity contribution in [3.8, 4) is 22.3 Å². The Kier molecular flexibility index (Phi) is 5.98. The van der Waals surface area contributed by atoms with E-state index in [4.69, 9.17) is 0 Å². The van der Waals surface area contributed by atoms with Crippen molar-refractivity contribution in [1.82, 2.24) is 4.98 Å². The summed E-state index contributed by atoms with van der Waals surface area (Å²) in [7, 11) is -3.38. The summed E-state index contributed by atoms with van der Waals surface area (Å²) in [5, 5.41) is 24.0. The second kappa shape index (κ2) is 8.43. The minimum absolute atomic E-state index is 0.309. The van der Waals surface area contributed by atoms with Crippen LogP contribution in [0.1, 0.15) is 44.5 Å². The van der Waals surface area contributed by atoms with Crippen LogP contribution in [0.25, 0.3) is 33.2 Å². The Morgan fingerprint density at radius 3 is 2.26 bits per heavy atom. The molecule has 182 valence electrons. The number of sulfone groups is 1. The molecule has 0 aliphatic carbocycles. The van der Waals surface area contributed by atoms with E-state index in [9.17, 15) is 18.7 Å². The standard InChI is InChI=1S/C28H30N2O4S/c1-18-13-22(17-30(32)26(18)27(2,3)31)19-9-7-10-20(14-19)24-16-23(28(4,5)35(6,33)34)15-21-11-8-12-29-25(21)24/h7-17,31H,1-6H3. The van der Waals surface area contributed by atoms with Gasteiger partial charge in [0.1, 0.15) is 5.60 Å². The van der Waals surface area contributed by atoms with E-state index < -0.39 is 20.2 Å². The normalized spacial score (nSPS) is 12.8. The first-order valence-electron chi connectivity index (χ1n) is 11.4. The van der Waals surface area contributed by atoms with Gasteiger partial charge in [0.05, 0.1) is 10.3 Å². The molecule has 0 fully saturated rings. The van der Waals surface area contributed by atoms with Gasteiger partial charge in [0, 0.05) is 34.5 Å². The average Bonchev–Trinajstić information content (AvgIpc) is 2.76. The number of aromatic nitrogens is 2. The van der Waals surface area contributed by atoms with Crippen LogP contribution >= 0.6 is 0 Å². The zero-order valence-corrected chi connectivity index (χ0v) is 21.6. The number of benzene rings is 2. The molecule has 6 nitrogen and oxygen atoms in total. The minimum Gasteiger partial charge on any atom is -0.618 e. The Bertz CT molecular complexity index is 1530. The maximum absolute atomic E-state index is 12.7. The number of rotatable bonds is 5. The number of pyridine rings is 2. The topological polar surface area (TPSA) is 94.2 Å². The lowest BCUT2D eigenvalue weighted by Crippen LogP contribution is -2.40. The third-order valence-corrected chi connectivity index (χ3v) is 8.73. The van der Waals surface area contributed by atoms with Crippen LogP contribution in [0.4, 0.5) is 0 Å². The molecule has 2 heterocycles. The Labute approximate surface area is 206 Å². The van der Waals surface area contributed by atoms with E-state index in [1.54, 1.807) is 33.9 Å². The Morgan fingerprint density at radius 2 is 1.63 bits per heavy atom. The highest BCUT2D eigenvalue weighted by atomic mass is 32.2. The summed E-state index contributed by atoms with van der Waals surface area (Å²) in [6, 6.07) is 17.2. The van der Waals surface area contributed by atoms with Crippen LogP contribution in [0.2, 0.25) is 0 Å². The zero-order valence-electron chi connectivity index (χ0n) is 20.8. The smallest absolute Gasteiger partial charge is 0.226 e. The zero-order chi connectivity index (χ0) is 25.8. The molecule has 0 aliphatic rings. The van der Waals surface area contributed by atoms with Crippen LogP contribution < -0.4 is 4.73 Å². The van der Waals surface area contributed by atoms with Crippen molar-refractivity contribution < 1.29 is 18.3 Å². The van der Waals surface area contributed by atoms with Gasteiger partial charge < -0.3 is 10.3 Å². The number of hydrogen-bond acceptors (Lipinski definition) is 5. The molecule has 0 saturated heterocycles. The van der Waals surface area contributed by atoms with Crippen LogP contribution in [0, 0.1) is 12.1 Å². The molecule has 1 N–H and O–H groups in total. The van der Waals surface area contributed by atoms with Gasteiger partial charge in [-0.25, -0.2) is 8.42 Å². The molecular formula is C28H30N2O4S. The third kappa shape index (κ3) is 4.54. The second-order valence-electron chi connectivity index (χ2n) is 10.1. The van der Waals surface area contributed by atoms with Gasteiger partial charge in [-0.15, -0.1) is 0 Å². The highest BCUT2D eigenvalue weighted by molar-refractivity contribution is 7.91. The van der Waals surface area contributed by atoms with Gasteiger partial charge in [-0.05, 0) is 81.6 Å². The number of fused-ring (bicyclic) bond motifs is 1. The van der Waals surface area contributed by atoms with Gasteiger partial charge in [0.15, 0.2) is 16.0 Å². The Balaban J connectivity index is 1.92. The van der Waals surface area contributed by atoms with Crippen LogP contribution in [-0.2, 0) is 20.2 Å². The molecule has 0 unspecified atom stereocenters. The molecule has 0 bridgehead atoms. The summed E-state index contributed by atoms with van der Waals surface area (Å²) in [5.74, 6) is 0. The maximum atomic E-state index is 12.7. The predicted molar refractivity (Wildman–Crippen MR) is 139 cm³/mol. The molecule has 7 heteroatoms. The molecule has 0 radical (unpaired) electrons. The molecule has 0 amide bonds. The molecule has 2 aromatic carbocycles. The molecule has 4 aromatic rings. The number of aryl methyl sites for hydroxylation is 1. The molecular weight excluding hydrogens is 460 g/mol. The summed E-state index contributed by atoms with van der Waals surface area (Å²) in [5.41, 5.74) is 4.42. The fourth-order valence-corrected chi connectivity index (χ4v) is 5.00. The fourth-order valence-electron chi connectivity index (χ4n) is 4.45. The maximum Gasteiger partial charge on any atom is 0.226 e. The van der Waals surface area contributed by atoms with E-state index in [1.807, 2.05) is 61.5 Å². The van der Waals surface area contributed by atoms with Gasteiger partial charge in [-0.2, -0.15) is 4.73 Å². The van der Waals surface area contributed by atoms with Gasteiger partial charge in [0.2, 0.25) is 5.69 Å². The van der Waals surface area contributed by atoms with Crippen LogP contribution in [0.3, 0.4) is 0 Å². The van der Waals surface area contributed by atoms with E-state index in [0.29, 0.717) is 16.8 Å². The summed E-state index contributed by atoms with van der Waals surface area (Å²) in [4.78, 5) is 4.58. The van der Waals surface area contributed by atoms with Gasteiger partial charge in [-0.1, -0.05) is 24.3 Å². The van der Waals surface area contributed by atoms with Crippen LogP contribution in [0.5, 0.6) is 0 Å². The molecule has 4 rings (SSSR count). The fraction of sp³-hybridized carbons (Fsp3) is 0.286. The van der Waals surface area contributed by atoms with Crippen molar-refractivity contribution in [2.24, 2.45) is 0 Å². The van der Waals surface area contributed by atoms with Crippen molar-refractivity contribution >= 4 is 20.7 Å². The van der Waals surface area contributed by atoms with Gasteiger partial charge in [-0.3, -0.25) is 4.98 Å². The van der Waals surface area contributed by atoms with E-state index in [1.165, 1.54) is 12.5 Å². The van der Waals surface area contributed by atoms with Crippen molar-refractivity contribution in [3.05, 3.63) is 89.0 Å². The first-order chi connectivity index (χ1) is 16.2. The monoisotopic (exact) mass is 490 g/mol. The summed E-state index contributed by atoms with van der Waals surface area (Å²) >= 11 is 0. The van der Waals surface area contributed by atoms with Crippen LogP contribution in [-0.4, -0.2) is 24.8 Å². The molecule has 35 heavy (non-hydrogen) atoms. The quantitative estimate of drug-likeness (QED) is 0.313. The summed E-state index contributed by atoms with van der Waals surface area (Å²) < 4.78 is 24.8. The molecule has 2 aromatic heterocycles. The van der Waals surface area contributed by atoms with E-state index in [0.717, 1.165) is 37.9 Å². The Morgan fingerprint density at radius 1 is 0.943 bits per heavy atom. The van der Waals surface area contributed by atoms with Gasteiger partial charge in [0.25, 0.3) is 0 Å². The first kappa shape index (κ1) is 24.8. The summed E-state index contributed by atoms with van der Waals surface area (Å²) in [6.07, 6.45) is 4.44. The van der Waals surface area contributed by atoms with E-state index in [-0.39, 0.29) is 0 Å². The second-order valence-corrected chi connectivity index (χ2v) is 12.7. The SMILES string of the molecule is Cc1cc(-c2cccc(-c3cc(C(C)(C)S(C)(=O)=O)cc4cccnc34)c2)c[n+]([O-])c1C(C)(C)O. The first-order valence-corrected chi connectivity index (χ1v) is 13.3. The predicted octanol–water partition coefficient (Wildman–Crippen LogP) is 5.02. The highest BCUT2D eigenvalue weighted by Gasteiger charge is 2.33. The molecule has 0 spiro atoms. The number of nitrogens with zero attached hydrogens (tertiary/aromatic N) is 2. The van der Waals surface area contributed by atoms with Crippen molar-refractivity contribution in [1.29, 1.82) is 0 Å². The lowest BCUT2D eigenvalue weighted by atomic mass is 9.92. The number of aliphatic hydroxyl groups is 1. The molecule has 0 aliphatic heterocycles. The van der Waals surface area contributed by atoms with E-state index in [2.05, 4.69) is 4.98 Å². The van der Waals surface area contributed by atoms with Gasteiger partial charge >= 0.3 is 0 Å². The lowest BCUT2D eigenvalue weighted by Gasteiger charge is -2.24. The highest BCUT2D eigenvalue weighted by Crippen LogP contribution is 2.37. The molecule has 0 atom stereocenters.